The van der Waals surface area contributed by atoms with Crippen LogP contribution in [-0.2, 0) is 0 Å². The molecule has 0 unspecified atom stereocenters. The van der Waals surface area contributed by atoms with Crippen molar-refractivity contribution in [1.82, 2.24) is 10.2 Å². The summed E-state index contributed by atoms with van der Waals surface area (Å²) in [5.41, 5.74) is 1.61. The lowest BCUT2D eigenvalue weighted by molar-refractivity contribution is 0.240. The third kappa shape index (κ3) is 4.50. The van der Waals surface area contributed by atoms with Crippen molar-refractivity contribution in [2.75, 3.05) is 44.6 Å². The first-order valence-electron chi connectivity index (χ1n) is 6.66. The van der Waals surface area contributed by atoms with Gasteiger partial charge in [-0.15, -0.1) is 0 Å². The van der Waals surface area contributed by atoms with Gasteiger partial charge in [0, 0.05) is 37.2 Å². The zero-order valence-electron chi connectivity index (χ0n) is 11.0. The van der Waals surface area contributed by atoms with E-state index in [9.17, 15) is 0 Å². The lowest BCUT2D eigenvalue weighted by Gasteiger charge is -2.27. The predicted molar refractivity (Wildman–Crippen MR) is 81.3 cm³/mol. The van der Waals surface area contributed by atoms with E-state index in [1.165, 1.54) is 0 Å². The van der Waals surface area contributed by atoms with Gasteiger partial charge in [0.25, 0.3) is 0 Å². The van der Waals surface area contributed by atoms with E-state index in [1.54, 1.807) is 0 Å². The van der Waals surface area contributed by atoms with Gasteiger partial charge in [-0.1, -0.05) is 15.9 Å². The summed E-state index contributed by atoms with van der Waals surface area (Å²) in [6.45, 7) is 6.49. The molecule has 2 rings (SSSR count). The molecule has 0 aliphatic carbocycles. The van der Waals surface area contributed by atoms with E-state index in [0.717, 1.165) is 55.8 Å². The minimum atomic E-state index is 0.691. The molecule has 0 atom stereocenters. The van der Waals surface area contributed by atoms with Crippen molar-refractivity contribution < 1.29 is 0 Å². The first-order chi connectivity index (χ1) is 9.29. The number of halogens is 1. The highest BCUT2D eigenvalue weighted by Crippen LogP contribution is 2.20. The van der Waals surface area contributed by atoms with Crippen molar-refractivity contribution in [2.45, 2.75) is 6.42 Å². The highest BCUT2D eigenvalue weighted by atomic mass is 79.9. The van der Waals surface area contributed by atoms with Crippen LogP contribution in [0.3, 0.4) is 0 Å². The summed E-state index contributed by atoms with van der Waals surface area (Å²) in [4.78, 5) is 2.48. The Labute approximate surface area is 122 Å². The molecule has 1 aliphatic rings. The zero-order chi connectivity index (χ0) is 13.5. The third-order valence-electron chi connectivity index (χ3n) is 3.28. The SMILES string of the molecule is N#Cc1cc(Br)ccc1NCCCN1CCNCC1. The van der Waals surface area contributed by atoms with E-state index < -0.39 is 0 Å². The van der Waals surface area contributed by atoms with Crippen molar-refractivity contribution in [3.8, 4) is 6.07 Å². The smallest absolute Gasteiger partial charge is 0.101 e. The zero-order valence-corrected chi connectivity index (χ0v) is 12.5. The van der Waals surface area contributed by atoms with E-state index in [4.69, 9.17) is 5.26 Å². The fraction of sp³-hybridized carbons (Fsp3) is 0.500. The van der Waals surface area contributed by atoms with Crippen molar-refractivity contribution in [2.24, 2.45) is 0 Å². The van der Waals surface area contributed by atoms with Crippen LogP contribution in [0, 0.1) is 11.3 Å². The predicted octanol–water partition coefficient (Wildman–Crippen LogP) is 2.03. The normalized spacial score (nSPS) is 16.0. The van der Waals surface area contributed by atoms with Crippen LogP contribution in [0.4, 0.5) is 5.69 Å². The van der Waals surface area contributed by atoms with E-state index >= 15 is 0 Å². The highest BCUT2D eigenvalue weighted by Gasteiger charge is 2.08. The molecule has 4 nitrogen and oxygen atoms in total. The van der Waals surface area contributed by atoms with Crippen LogP contribution in [0.15, 0.2) is 22.7 Å². The Morgan fingerprint density at radius 2 is 2.16 bits per heavy atom. The van der Waals surface area contributed by atoms with Crippen molar-refractivity contribution in [3.05, 3.63) is 28.2 Å². The number of nitrogens with one attached hydrogen (secondary N) is 2. The molecule has 0 aromatic heterocycles. The van der Waals surface area contributed by atoms with Crippen LogP contribution in [0.2, 0.25) is 0 Å². The van der Waals surface area contributed by atoms with E-state index in [-0.39, 0.29) is 0 Å². The number of benzene rings is 1. The van der Waals surface area contributed by atoms with Crippen LogP contribution in [0.1, 0.15) is 12.0 Å². The number of nitriles is 1. The summed E-state index contributed by atoms with van der Waals surface area (Å²) in [5, 5.41) is 15.8. The number of hydrogen-bond donors (Lipinski definition) is 2. The average molecular weight is 323 g/mol. The maximum absolute atomic E-state index is 9.08. The largest absolute Gasteiger partial charge is 0.384 e. The summed E-state index contributed by atoms with van der Waals surface area (Å²) in [5.74, 6) is 0. The molecule has 2 N–H and O–H groups in total. The molecule has 0 radical (unpaired) electrons. The van der Waals surface area contributed by atoms with Crippen molar-refractivity contribution >= 4 is 21.6 Å². The lowest BCUT2D eigenvalue weighted by Crippen LogP contribution is -2.44. The Hall–Kier alpha value is -1.09. The van der Waals surface area contributed by atoms with Crippen LogP contribution in [-0.4, -0.2) is 44.2 Å². The van der Waals surface area contributed by atoms with Gasteiger partial charge in [0.2, 0.25) is 0 Å². The molecule has 0 amide bonds. The number of anilines is 1. The molecular weight excluding hydrogens is 304 g/mol. The van der Waals surface area contributed by atoms with Crippen molar-refractivity contribution in [3.63, 3.8) is 0 Å². The van der Waals surface area contributed by atoms with Crippen LogP contribution in [0.25, 0.3) is 0 Å². The number of hydrogen-bond acceptors (Lipinski definition) is 4. The molecule has 1 aromatic rings. The molecule has 0 bridgehead atoms. The van der Waals surface area contributed by atoms with Crippen LogP contribution >= 0.6 is 15.9 Å². The maximum Gasteiger partial charge on any atom is 0.101 e. The molecule has 0 spiro atoms. The highest BCUT2D eigenvalue weighted by molar-refractivity contribution is 9.10. The van der Waals surface area contributed by atoms with Crippen LogP contribution in [0.5, 0.6) is 0 Å². The van der Waals surface area contributed by atoms with E-state index in [2.05, 4.69) is 37.5 Å². The molecule has 5 heteroatoms. The number of rotatable bonds is 5. The fourth-order valence-corrected chi connectivity index (χ4v) is 2.58. The van der Waals surface area contributed by atoms with Gasteiger partial charge in [-0.2, -0.15) is 5.26 Å². The number of piperazine rings is 1. The van der Waals surface area contributed by atoms with Crippen LogP contribution < -0.4 is 10.6 Å². The van der Waals surface area contributed by atoms with Gasteiger partial charge in [0.05, 0.1) is 11.3 Å². The molecule has 1 aliphatic heterocycles. The second-order valence-corrected chi connectivity index (χ2v) is 5.59. The minimum absolute atomic E-state index is 0.691. The van der Waals surface area contributed by atoms with Gasteiger partial charge < -0.3 is 15.5 Å². The molecule has 1 fully saturated rings. The Balaban J connectivity index is 1.75. The third-order valence-corrected chi connectivity index (χ3v) is 3.77. The molecule has 0 saturated carbocycles. The summed E-state index contributed by atoms with van der Waals surface area (Å²) in [7, 11) is 0. The first kappa shape index (κ1) is 14.3. The monoisotopic (exact) mass is 322 g/mol. The van der Waals surface area contributed by atoms with Gasteiger partial charge in [0.15, 0.2) is 0 Å². The van der Waals surface area contributed by atoms with Gasteiger partial charge in [-0.05, 0) is 31.2 Å². The fourth-order valence-electron chi connectivity index (χ4n) is 2.22. The second kappa shape index (κ2) is 7.49. The van der Waals surface area contributed by atoms with E-state index in [0.29, 0.717) is 5.56 Å². The second-order valence-electron chi connectivity index (χ2n) is 4.67. The Kier molecular flexibility index (Phi) is 5.64. The Bertz CT molecular complexity index is 449. The first-order valence-corrected chi connectivity index (χ1v) is 7.45. The molecule has 1 saturated heterocycles. The molecule has 1 heterocycles. The molecule has 1 aromatic carbocycles. The van der Waals surface area contributed by atoms with Gasteiger partial charge >= 0.3 is 0 Å². The van der Waals surface area contributed by atoms with E-state index in [1.807, 2.05) is 18.2 Å². The summed E-state index contributed by atoms with van der Waals surface area (Å²) in [6, 6.07) is 7.97. The summed E-state index contributed by atoms with van der Waals surface area (Å²) in [6.07, 6.45) is 1.10. The molecular formula is C14H19BrN4. The average Bonchev–Trinajstić information content (AvgIpc) is 2.46. The Morgan fingerprint density at radius 1 is 1.37 bits per heavy atom. The quantitative estimate of drug-likeness (QED) is 0.814. The molecule has 19 heavy (non-hydrogen) atoms. The van der Waals surface area contributed by atoms with Crippen molar-refractivity contribution in [1.29, 1.82) is 5.26 Å². The van der Waals surface area contributed by atoms with Gasteiger partial charge in [-0.3, -0.25) is 0 Å². The Morgan fingerprint density at radius 3 is 2.89 bits per heavy atom. The summed E-state index contributed by atoms with van der Waals surface area (Å²) < 4.78 is 0.940. The van der Waals surface area contributed by atoms with Gasteiger partial charge in [0.1, 0.15) is 6.07 Å². The lowest BCUT2D eigenvalue weighted by atomic mass is 10.2. The molecule has 102 valence electrons. The topological polar surface area (TPSA) is 51.1 Å². The minimum Gasteiger partial charge on any atom is -0.384 e. The van der Waals surface area contributed by atoms with Gasteiger partial charge in [-0.25, -0.2) is 0 Å². The standard InChI is InChI=1S/C14H19BrN4/c15-13-2-3-14(12(10-13)11-16)18-4-1-7-19-8-5-17-6-9-19/h2-3,10,17-18H,1,4-9H2. The number of nitrogens with zero attached hydrogens (tertiary/aromatic N) is 2. The summed E-state index contributed by atoms with van der Waals surface area (Å²) >= 11 is 3.38. The maximum atomic E-state index is 9.08.